The molecule has 0 unspecified atom stereocenters. The zero-order chi connectivity index (χ0) is 36.8. The van der Waals surface area contributed by atoms with Gasteiger partial charge in [-0.1, -0.05) is 0 Å². The summed E-state index contributed by atoms with van der Waals surface area (Å²) in [5.74, 6) is -0.734. The number of benzene rings is 1. The first-order chi connectivity index (χ1) is 24.0. The number of fused-ring (bicyclic) bond motifs is 2. The third-order valence-corrected chi connectivity index (χ3v) is 15.1. The molecule has 6 rings (SSSR count). The van der Waals surface area contributed by atoms with E-state index in [1.807, 2.05) is 25.1 Å². The van der Waals surface area contributed by atoms with Crippen LogP contribution in [0.2, 0.25) is 24.0 Å². The van der Waals surface area contributed by atoms with Crippen LogP contribution in [-0.2, 0) is 33.0 Å². The van der Waals surface area contributed by atoms with Gasteiger partial charge in [-0.2, -0.15) is 0 Å². The van der Waals surface area contributed by atoms with Crippen molar-refractivity contribution in [3.8, 4) is 0 Å². The van der Waals surface area contributed by atoms with Crippen LogP contribution in [0.4, 0.5) is 0 Å². The predicted octanol–water partition coefficient (Wildman–Crippen LogP) is 7.89. The Hall–Kier alpha value is -1.84. The van der Waals surface area contributed by atoms with Crippen LogP contribution in [0, 0.1) is 23.7 Å². The van der Waals surface area contributed by atoms with Crippen molar-refractivity contribution in [1.82, 2.24) is 0 Å². The maximum absolute atomic E-state index is 15.1. The summed E-state index contributed by atoms with van der Waals surface area (Å²) >= 11 is -0.242. The van der Waals surface area contributed by atoms with Crippen molar-refractivity contribution in [3.63, 3.8) is 0 Å². The number of ketones is 1. The summed E-state index contributed by atoms with van der Waals surface area (Å²) in [6.07, 6.45) is 12.1. The van der Waals surface area contributed by atoms with Gasteiger partial charge in [0.05, 0.1) is 0 Å². The minimum atomic E-state index is -2.36. The molecule has 0 aromatic heterocycles. The van der Waals surface area contributed by atoms with E-state index in [9.17, 15) is 4.79 Å². The molecule has 1 aliphatic carbocycles. The number of carbonyl (C=O) groups excluding carboxylic acids is 2. The van der Waals surface area contributed by atoms with Crippen molar-refractivity contribution in [2.45, 2.75) is 146 Å². The minimum absolute atomic E-state index is 0.0269. The maximum atomic E-state index is 15.1. The number of Topliss-reactive ketones (excluding diaryl/α,β-unsaturated/α-hetero) is 1. The van der Waals surface area contributed by atoms with Crippen molar-refractivity contribution in [2.24, 2.45) is 23.7 Å². The molecule has 4 aliphatic heterocycles. The average molecular weight is 784 g/mol. The van der Waals surface area contributed by atoms with Crippen LogP contribution in [0.3, 0.4) is 0 Å². The Morgan fingerprint density at radius 2 is 1.76 bits per heavy atom. The molecule has 5 aliphatic rings. The number of esters is 1. The fourth-order valence-electron chi connectivity index (χ4n) is 9.17. The number of ether oxygens (including phenoxy) is 4. The Morgan fingerprint density at radius 3 is 2.47 bits per heavy atom. The average Bonchev–Trinajstić information content (AvgIpc) is 3.40. The first-order valence-corrected chi connectivity index (χ1v) is 24.3. The van der Waals surface area contributed by atoms with Gasteiger partial charge in [-0.3, -0.25) is 0 Å². The first kappa shape index (κ1) is 38.9. The molecule has 3 saturated heterocycles. The fraction of sp³-hybridized carbons (Fsp3) is 0.667. The van der Waals surface area contributed by atoms with Gasteiger partial charge in [0, 0.05) is 0 Å². The quantitative estimate of drug-likeness (QED) is 0.171. The summed E-state index contributed by atoms with van der Waals surface area (Å²) in [5.41, 5.74) is 0.933. The predicted molar refractivity (Wildman–Crippen MR) is 204 cm³/mol. The molecule has 0 radical (unpaired) electrons. The van der Waals surface area contributed by atoms with Crippen molar-refractivity contribution in [2.75, 3.05) is 6.61 Å². The molecular weight excluding hydrogens is 724 g/mol. The molecule has 9 heteroatoms. The Kier molecular flexibility index (Phi) is 11.5. The third-order valence-electron chi connectivity index (χ3n) is 11.4. The van der Waals surface area contributed by atoms with Crippen molar-refractivity contribution >= 4 is 39.5 Å². The number of rotatable bonds is 5. The van der Waals surface area contributed by atoms with Gasteiger partial charge in [0.25, 0.3) is 0 Å². The van der Waals surface area contributed by atoms with E-state index in [0.29, 0.717) is 37.0 Å². The molecule has 10 atom stereocenters. The van der Waals surface area contributed by atoms with Gasteiger partial charge in [-0.15, -0.1) is 0 Å². The summed E-state index contributed by atoms with van der Waals surface area (Å²) in [4.78, 5) is 29.9. The Balaban J connectivity index is 1.44. The molecule has 0 N–H and O–H groups in total. The summed E-state index contributed by atoms with van der Waals surface area (Å²) in [5, 5.41) is 0. The van der Waals surface area contributed by atoms with Crippen molar-refractivity contribution < 1.29 is 33.0 Å². The van der Waals surface area contributed by atoms with E-state index in [1.54, 1.807) is 0 Å². The monoisotopic (exact) mass is 784 g/mol. The number of carbonyl (C=O) groups is 2. The second kappa shape index (κ2) is 15.1. The Labute approximate surface area is 313 Å². The van der Waals surface area contributed by atoms with Gasteiger partial charge in [0.15, 0.2) is 0 Å². The summed E-state index contributed by atoms with van der Waals surface area (Å²) in [6.45, 7) is 19.8. The van der Waals surface area contributed by atoms with Crippen molar-refractivity contribution in [1.29, 1.82) is 0 Å². The second-order valence-corrected chi connectivity index (χ2v) is 25.2. The molecular formula is C42H60O7SeSi. The summed E-state index contributed by atoms with van der Waals surface area (Å²) < 4.78 is 34.6. The van der Waals surface area contributed by atoms with Gasteiger partial charge in [0.1, 0.15) is 0 Å². The van der Waals surface area contributed by atoms with Gasteiger partial charge < -0.3 is 0 Å². The molecule has 4 heterocycles. The summed E-state index contributed by atoms with van der Waals surface area (Å²) in [6, 6.07) is 10.2. The van der Waals surface area contributed by atoms with Crippen LogP contribution in [-0.4, -0.2) is 77.4 Å². The Bertz CT molecular complexity index is 1530. The zero-order valence-electron chi connectivity index (χ0n) is 32.2. The van der Waals surface area contributed by atoms with E-state index in [1.165, 1.54) is 5.57 Å². The molecule has 4 fully saturated rings. The fourth-order valence-corrected chi connectivity index (χ4v) is 13.2. The summed E-state index contributed by atoms with van der Waals surface area (Å²) in [7, 11) is -2.36. The first-order valence-electron chi connectivity index (χ1n) is 19.2. The van der Waals surface area contributed by atoms with Crippen LogP contribution in [0.1, 0.15) is 86.5 Å². The van der Waals surface area contributed by atoms with E-state index in [2.05, 4.69) is 90.7 Å². The van der Waals surface area contributed by atoms with E-state index >= 15 is 4.79 Å². The molecule has 51 heavy (non-hydrogen) atoms. The zero-order valence-corrected chi connectivity index (χ0v) is 35.0. The normalized spacial score (nSPS) is 42.0. The van der Waals surface area contributed by atoms with Crippen LogP contribution >= 0.6 is 0 Å². The van der Waals surface area contributed by atoms with Gasteiger partial charge >= 0.3 is 315 Å². The number of allylic oxidation sites excluding steroid dienone is 4. The molecule has 1 saturated carbocycles. The molecule has 2 bridgehead atoms. The number of hydrogen-bond acceptors (Lipinski definition) is 7. The standard InChI is InChI=1S/C42H60O7SeSi/c1-27(2)36-30(5)20-21-41(48-36)24-33-23-32(47-41)19-18-29(4)22-28(3)14-13-15-31-26-45-38-37(43)40(6,50-34-16-11-10-12-17-34)25-35(39(44)46-33)42(31,38)49-51(7,8)9/h10-18,27-28,30,32-33,35-36,38H,19-26H2,1-9H3/b14-13+,29-18+,31-15+/t28-,30-,32+,33-,35-,36+,38+,40-,41+,42+/m0/s1. The van der Waals surface area contributed by atoms with Crippen LogP contribution in [0.25, 0.3) is 0 Å². The molecule has 280 valence electrons. The van der Waals surface area contributed by atoms with Gasteiger partial charge in [-0.25, -0.2) is 0 Å². The molecule has 1 aromatic carbocycles. The van der Waals surface area contributed by atoms with Gasteiger partial charge in [0.2, 0.25) is 0 Å². The van der Waals surface area contributed by atoms with E-state index in [0.717, 1.165) is 35.7 Å². The Morgan fingerprint density at radius 1 is 1.02 bits per heavy atom. The van der Waals surface area contributed by atoms with Gasteiger partial charge in [-0.05, 0) is 0 Å². The molecule has 7 nitrogen and oxygen atoms in total. The van der Waals surface area contributed by atoms with Crippen molar-refractivity contribution in [3.05, 3.63) is 65.8 Å². The molecule has 1 spiro atoms. The molecule has 0 amide bonds. The van der Waals surface area contributed by atoms with Crippen LogP contribution < -0.4 is 4.46 Å². The van der Waals surface area contributed by atoms with Crippen LogP contribution in [0.5, 0.6) is 0 Å². The third kappa shape index (κ3) is 8.30. The second-order valence-electron chi connectivity index (χ2n) is 17.5. The number of hydrogen-bond donors (Lipinski definition) is 0. The van der Waals surface area contributed by atoms with E-state index < -0.39 is 42.1 Å². The topological polar surface area (TPSA) is 80.3 Å². The van der Waals surface area contributed by atoms with E-state index in [-0.39, 0.29) is 45.5 Å². The SMILES string of the molecule is C/C1=C\C[C@@H]2C[C@@H](C[C@]3(CC[C@H](C)[C@@H](C(C)C)O3)O2)OC(=O)[C@@H]2C[C@](C)([Se]c3ccccc3)C(=O)[C@H]3OC/C(=C\C=C\[C@H](C)C1)[C@]32O[Si](C)(C)C. The van der Waals surface area contributed by atoms with Crippen LogP contribution in [0.15, 0.2) is 65.8 Å². The van der Waals surface area contributed by atoms with E-state index in [4.69, 9.17) is 23.4 Å². The molecule has 1 aromatic rings.